The lowest BCUT2D eigenvalue weighted by Gasteiger charge is -2.38. The minimum absolute atomic E-state index is 0.0423. The van der Waals surface area contributed by atoms with Gasteiger partial charge in [-0.15, -0.1) is 12.8 Å². The molecule has 0 aliphatic carbocycles. The summed E-state index contributed by atoms with van der Waals surface area (Å²) in [7, 11) is 0. The van der Waals surface area contributed by atoms with Crippen LogP contribution in [0.1, 0.15) is 20.8 Å². The van der Waals surface area contributed by atoms with Gasteiger partial charge in [0.2, 0.25) is 0 Å². The van der Waals surface area contributed by atoms with Crippen LogP contribution in [0.5, 0.6) is 0 Å². The molecule has 0 unspecified atom stereocenters. The molecule has 0 atom stereocenters. The van der Waals surface area contributed by atoms with Crippen LogP contribution < -0.4 is 0 Å². The second kappa shape index (κ2) is 3.65. The molecule has 1 aliphatic heterocycles. The predicted octanol–water partition coefficient (Wildman–Crippen LogP) is 1.66. The van der Waals surface area contributed by atoms with Crippen LogP contribution in [0, 0.1) is 35.5 Å². The number of terminal acetylenes is 2. The Kier molecular flexibility index (Phi) is 2.90. The summed E-state index contributed by atoms with van der Waals surface area (Å²) in [5.74, 6) is 5.08. The van der Waals surface area contributed by atoms with Crippen molar-refractivity contribution in [2.75, 3.05) is 13.2 Å². The van der Waals surface area contributed by atoms with Crippen LogP contribution in [0.2, 0.25) is 0 Å². The average molecular weight is 192 g/mol. The molecule has 76 valence electrons. The third kappa shape index (κ3) is 2.10. The van der Waals surface area contributed by atoms with Gasteiger partial charge in [0.1, 0.15) is 5.41 Å². The van der Waals surface area contributed by atoms with Crippen LogP contribution in [0.4, 0.5) is 0 Å². The zero-order valence-corrected chi connectivity index (χ0v) is 8.96. The van der Waals surface area contributed by atoms with Gasteiger partial charge in [-0.05, 0) is 6.92 Å². The van der Waals surface area contributed by atoms with Gasteiger partial charge < -0.3 is 9.47 Å². The summed E-state index contributed by atoms with van der Waals surface area (Å²) >= 11 is 0. The van der Waals surface area contributed by atoms with Crippen LogP contribution in [0.25, 0.3) is 0 Å². The molecule has 0 amide bonds. The van der Waals surface area contributed by atoms with Gasteiger partial charge in [-0.1, -0.05) is 25.7 Å². The highest BCUT2D eigenvalue weighted by molar-refractivity contribution is 5.21. The van der Waals surface area contributed by atoms with Gasteiger partial charge in [0.15, 0.2) is 6.29 Å². The van der Waals surface area contributed by atoms with Crippen LogP contribution in [-0.2, 0) is 9.47 Å². The maximum Gasteiger partial charge on any atom is 0.184 e. The fourth-order valence-electron chi connectivity index (χ4n) is 1.20. The molecule has 1 fully saturated rings. The molecule has 0 spiro atoms. The molecule has 2 heteroatoms. The van der Waals surface area contributed by atoms with Gasteiger partial charge in [-0.25, -0.2) is 0 Å². The minimum Gasteiger partial charge on any atom is -0.349 e. The molecule has 2 nitrogen and oxygen atoms in total. The zero-order chi connectivity index (χ0) is 10.8. The highest BCUT2D eigenvalue weighted by Crippen LogP contribution is 2.31. The van der Waals surface area contributed by atoms with E-state index in [9.17, 15) is 0 Å². The van der Waals surface area contributed by atoms with Crippen LogP contribution in [-0.4, -0.2) is 19.5 Å². The largest absolute Gasteiger partial charge is 0.349 e. The number of hydrogen-bond donors (Lipinski definition) is 0. The average Bonchev–Trinajstić information content (AvgIpc) is 2.16. The summed E-state index contributed by atoms with van der Waals surface area (Å²) in [5.41, 5.74) is -0.725. The maximum absolute atomic E-state index is 5.53. The SMILES string of the molecule is C#CC(C)(C#C)C1OCC(C)(C)CO1. The fraction of sp³-hybridized carbons (Fsp3) is 0.667. The molecule has 0 N–H and O–H groups in total. The van der Waals surface area contributed by atoms with E-state index >= 15 is 0 Å². The van der Waals surface area contributed by atoms with E-state index in [4.69, 9.17) is 22.3 Å². The molecule has 1 rings (SSSR count). The van der Waals surface area contributed by atoms with Gasteiger partial charge in [-0.2, -0.15) is 0 Å². The van der Waals surface area contributed by atoms with E-state index in [2.05, 4.69) is 25.7 Å². The summed E-state index contributed by atoms with van der Waals surface area (Å²) in [6.45, 7) is 7.17. The Morgan fingerprint density at radius 1 is 1.21 bits per heavy atom. The van der Waals surface area contributed by atoms with Crippen molar-refractivity contribution in [1.82, 2.24) is 0 Å². The Morgan fingerprint density at radius 3 is 2.00 bits per heavy atom. The second-order valence-electron chi connectivity index (χ2n) is 4.61. The standard InChI is InChI=1S/C12H16O2/c1-6-12(5,7-2)10-13-8-11(3,4)9-14-10/h1-2,10H,8-9H2,3-5H3. The highest BCUT2D eigenvalue weighted by atomic mass is 16.7. The lowest BCUT2D eigenvalue weighted by atomic mass is 9.89. The van der Waals surface area contributed by atoms with Crippen molar-refractivity contribution in [3.8, 4) is 24.7 Å². The first-order chi connectivity index (χ1) is 6.43. The monoisotopic (exact) mass is 192 g/mol. The van der Waals surface area contributed by atoms with Gasteiger partial charge in [0.05, 0.1) is 13.2 Å². The summed E-state index contributed by atoms with van der Waals surface area (Å²) in [6.07, 6.45) is 10.2. The fourth-order valence-corrected chi connectivity index (χ4v) is 1.20. The van der Waals surface area contributed by atoms with E-state index in [0.717, 1.165) is 0 Å². The van der Waals surface area contributed by atoms with Crippen molar-refractivity contribution < 1.29 is 9.47 Å². The van der Waals surface area contributed by atoms with E-state index in [0.29, 0.717) is 13.2 Å². The summed E-state index contributed by atoms with van der Waals surface area (Å²) < 4.78 is 11.1. The normalized spacial score (nSPS) is 22.4. The number of rotatable bonds is 1. The lowest BCUT2D eigenvalue weighted by Crippen LogP contribution is -2.44. The second-order valence-corrected chi connectivity index (χ2v) is 4.61. The van der Waals surface area contributed by atoms with E-state index in [1.165, 1.54) is 0 Å². The number of ether oxygens (including phenoxy) is 2. The van der Waals surface area contributed by atoms with Crippen LogP contribution >= 0.6 is 0 Å². The van der Waals surface area contributed by atoms with Gasteiger partial charge in [0, 0.05) is 5.41 Å². The molecule has 0 aromatic heterocycles. The first-order valence-corrected chi connectivity index (χ1v) is 4.62. The molecule has 1 heterocycles. The van der Waals surface area contributed by atoms with Gasteiger partial charge in [-0.3, -0.25) is 0 Å². The van der Waals surface area contributed by atoms with Crippen LogP contribution in [0.15, 0.2) is 0 Å². The Hall–Kier alpha value is -0.960. The first kappa shape index (κ1) is 11.1. The first-order valence-electron chi connectivity index (χ1n) is 4.62. The quantitative estimate of drug-likeness (QED) is 0.588. The van der Waals surface area contributed by atoms with Crippen molar-refractivity contribution in [1.29, 1.82) is 0 Å². The lowest BCUT2D eigenvalue weighted by molar-refractivity contribution is -0.244. The molecular formula is C12H16O2. The van der Waals surface area contributed by atoms with E-state index in [1.807, 2.05) is 0 Å². The summed E-state index contributed by atoms with van der Waals surface area (Å²) in [5, 5.41) is 0. The molecule has 14 heavy (non-hydrogen) atoms. The molecule has 0 saturated carbocycles. The molecular weight excluding hydrogens is 176 g/mol. The summed E-state index contributed by atoms with van der Waals surface area (Å²) in [6, 6.07) is 0. The predicted molar refractivity (Wildman–Crippen MR) is 55.2 cm³/mol. The van der Waals surface area contributed by atoms with Crippen LogP contribution in [0.3, 0.4) is 0 Å². The molecule has 0 aromatic rings. The van der Waals surface area contributed by atoms with E-state index in [1.54, 1.807) is 6.92 Å². The molecule has 0 radical (unpaired) electrons. The smallest absolute Gasteiger partial charge is 0.184 e. The molecule has 1 saturated heterocycles. The zero-order valence-electron chi connectivity index (χ0n) is 8.96. The van der Waals surface area contributed by atoms with E-state index in [-0.39, 0.29) is 5.41 Å². The Balaban J connectivity index is 2.68. The maximum atomic E-state index is 5.53. The summed E-state index contributed by atoms with van der Waals surface area (Å²) in [4.78, 5) is 0. The van der Waals surface area contributed by atoms with Gasteiger partial charge >= 0.3 is 0 Å². The van der Waals surface area contributed by atoms with Crippen molar-refractivity contribution >= 4 is 0 Å². The molecule has 0 bridgehead atoms. The Labute approximate surface area is 86.0 Å². The van der Waals surface area contributed by atoms with Crippen molar-refractivity contribution in [3.05, 3.63) is 0 Å². The highest BCUT2D eigenvalue weighted by Gasteiger charge is 2.38. The third-order valence-electron chi connectivity index (χ3n) is 2.32. The van der Waals surface area contributed by atoms with Crippen molar-refractivity contribution in [3.63, 3.8) is 0 Å². The van der Waals surface area contributed by atoms with Crippen molar-refractivity contribution in [2.24, 2.45) is 10.8 Å². The van der Waals surface area contributed by atoms with Gasteiger partial charge in [0.25, 0.3) is 0 Å². The number of hydrogen-bond acceptors (Lipinski definition) is 2. The molecule has 1 aliphatic rings. The van der Waals surface area contributed by atoms with Crippen molar-refractivity contribution in [2.45, 2.75) is 27.1 Å². The Bertz CT molecular complexity index is 266. The third-order valence-corrected chi connectivity index (χ3v) is 2.32. The Morgan fingerprint density at radius 2 is 1.64 bits per heavy atom. The topological polar surface area (TPSA) is 18.5 Å². The van der Waals surface area contributed by atoms with E-state index < -0.39 is 11.7 Å². The molecule has 0 aromatic carbocycles. The minimum atomic E-state index is -0.767.